The van der Waals surface area contributed by atoms with Gasteiger partial charge < -0.3 is 15.7 Å². The molecule has 0 saturated carbocycles. The first-order valence-corrected chi connectivity index (χ1v) is 5.31. The smallest absolute Gasteiger partial charge is 0.337 e. The van der Waals surface area contributed by atoms with Gasteiger partial charge in [-0.05, 0) is 26.0 Å². The molecule has 2 amide bonds. The standard InChI is InChI=1S/C13H14N2O3/c1-4-9(3)14-13(18)15-11-6-5-8(2)7-10(11)12(16)17/h1,5-7,9H,2-3H3,(H,16,17)(H2,14,15,18). The molecular weight excluding hydrogens is 232 g/mol. The average Bonchev–Trinajstić information content (AvgIpc) is 2.30. The SMILES string of the molecule is C#CC(C)NC(=O)Nc1ccc(C)cc1C(=O)O. The number of carbonyl (C=O) groups excluding carboxylic acids is 1. The average molecular weight is 246 g/mol. The molecule has 5 heteroatoms. The summed E-state index contributed by atoms with van der Waals surface area (Å²) in [6, 6.07) is 3.78. The van der Waals surface area contributed by atoms with Gasteiger partial charge in [0.05, 0.1) is 17.3 Å². The summed E-state index contributed by atoms with van der Waals surface area (Å²) in [7, 11) is 0. The highest BCUT2D eigenvalue weighted by Gasteiger charge is 2.13. The van der Waals surface area contributed by atoms with Crippen molar-refractivity contribution < 1.29 is 14.7 Å². The van der Waals surface area contributed by atoms with Crippen molar-refractivity contribution in [2.24, 2.45) is 0 Å². The molecule has 0 heterocycles. The van der Waals surface area contributed by atoms with E-state index in [1.165, 1.54) is 6.07 Å². The largest absolute Gasteiger partial charge is 0.478 e. The van der Waals surface area contributed by atoms with Gasteiger partial charge in [0, 0.05) is 0 Å². The third kappa shape index (κ3) is 3.52. The van der Waals surface area contributed by atoms with Crippen LogP contribution in [-0.2, 0) is 0 Å². The zero-order chi connectivity index (χ0) is 13.7. The normalized spacial score (nSPS) is 11.2. The fourth-order valence-corrected chi connectivity index (χ4v) is 1.34. The first-order valence-electron chi connectivity index (χ1n) is 5.31. The fraction of sp³-hybridized carbons (Fsp3) is 0.231. The van der Waals surface area contributed by atoms with Crippen molar-refractivity contribution >= 4 is 17.7 Å². The minimum absolute atomic E-state index is 0.0403. The molecule has 0 saturated heterocycles. The first-order chi connectivity index (χ1) is 8.43. The third-order valence-corrected chi connectivity index (χ3v) is 2.25. The van der Waals surface area contributed by atoms with Crippen LogP contribution in [0.2, 0.25) is 0 Å². The third-order valence-electron chi connectivity index (χ3n) is 2.25. The van der Waals surface area contributed by atoms with Crippen molar-refractivity contribution in [1.82, 2.24) is 5.32 Å². The van der Waals surface area contributed by atoms with Crippen LogP contribution < -0.4 is 10.6 Å². The number of hydrogen-bond acceptors (Lipinski definition) is 2. The van der Waals surface area contributed by atoms with Crippen molar-refractivity contribution in [1.29, 1.82) is 0 Å². The van der Waals surface area contributed by atoms with Gasteiger partial charge in [0.25, 0.3) is 0 Å². The Labute approximate surface area is 105 Å². The summed E-state index contributed by atoms with van der Waals surface area (Å²) >= 11 is 0. The maximum absolute atomic E-state index is 11.5. The number of carboxylic acids is 1. The number of amides is 2. The van der Waals surface area contributed by atoms with Crippen molar-refractivity contribution in [3.05, 3.63) is 29.3 Å². The molecule has 1 unspecified atom stereocenters. The molecule has 94 valence electrons. The van der Waals surface area contributed by atoms with Crippen LogP contribution in [0.1, 0.15) is 22.8 Å². The van der Waals surface area contributed by atoms with Crippen LogP contribution >= 0.6 is 0 Å². The zero-order valence-corrected chi connectivity index (χ0v) is 10.2. The van der Waals surface area contributed by atoms with E-state index in [1.54, 1.807) is 26.0 Å². The minimum Gasteiger partial charge on any atom is -0.478 e. The van der Waals surface area contributed by atoms with E-state index in [-0.39, 0.29) is 11.3 Å². The zero-order valence-electron chi connectivity index (χ0n) is 10.2. The highest BCUT2D eigenvalue weighted by Crippen LogP contribution is 2.17. The predicted molar refractivity (Wildman–Crippen MR) is 68.6 cm³/mol. The van der Waals surface area contributed by atoms with Crippen LogP contribution in [0.25, 0.3) is 0 Å². The number of urea groups is 1. The van der Waals surface area contributed by atoms with Gasteiger partial charge in [-0.1, -0.05) is 17.6 Å². The van der Waals surface area contributed by atoms with Gasteiger partial charge in [-0.3, -0.25) is 0 Å². The Bertz CT molecular complexity index is 517. The summed E-state index contributed by atoms with van der Waals surface area (Å²) in [6.07, 6.45) is 5.13. The number of carboxylic acid groups (broad SMARTS) is 1. The van der Waals surface area contributed by atoms with Gasteiger partial charge in [-0.15, -0.1) is 6.42 Å². The molecule has 0 radical (unpaired) electrons. The Balaban J connectivity index is 2.88. The molecule has 1 aromatic carbocycles. The molecule has 1 aromatic rings. The van der Waals surface area contributed by atoms with Crippen molar-refractivity contribution in [2.45, 2.75) is 19.9 Å². The number of benzene rings is 1. The Morgan fingerprint density at radius 3 is 2.67 bits per heavy atom. The van der Waals surface area contributed by atoms with Gasteiger partial charge in [-0.2, -0.15) is 0 Å². The highest BCUT2D eigenvalue weighted by molar-refractivity contribution is 6.00. The van der Waals surface area contributed by atoms with Crippen molar-refractivity contribution in [2.75, 3.05) is 5.32 Å². The summed E-state index contributed by atoms with van der Waals surface area (Å²) in [6.45, 7) is 3.42. The van der Waals surface area contributed by atoms with E-state index in [4.69, 9.17) is 11.5 Å². The topological polar surface area (TPSA) is 78.4 Å². The van der Waals surface area contributed by atoms with Crippen LogP contribution in [0.3, 0.4) is 0 Å². The van der Waals surface area contributed by atoms with Crippen molar-refractivity contribution in [3.8, 4) is 12.3 Å². The molecule has 0 aliphatic rings. The quantitative estimate of drug-likeness (QED) is 0.712. The predicted octanol–water partition coefficient (Wildman–Crippen LogP) is 1.84. The van der Waals surface area contributed by atoms with E-state index >= 15 is 0 Å². The maximum Gasteiger partial charge on any atom is 0.337 e. The summed E-state index contributed by atoms with van der Waals surface area (Å²) in [5.41, 5.74) is 1.07. The number of hydrogen-bond donors (Lipinski definition) is 3. The number of aryl methyl sites for hydroxylation is 1. The Morgan fingerprint density at radius 2 is 2.11 bits per heavy atom. The summed E-state index contributed by atoms with van der Waals surface area (Å²) < 4.78 is 0. The van der Waals surface area contributed by atoms with E-state index in [9.17, 15) is 9.59 Å². The Kier molecular flexibility index (Phi) is 4.33. The number of aromatic carboxylic acids is 1. The monoisotopic (exact) mass is 246 g/mol. The molecule has 0 fully saturated rings. The molecule has 1 atom stereocenters. The van der Waals surface area contributed by atoms with E-state index in [1.807, 2.05) is 0 Å². The number of nitrogens with one attached hydrogen (secondary N) is 2. The number of terminal acetylenes is 1. The molecule has 0 aliphatic carbocycles. The van der Waals surface area contributed by atoms with Gasteiger partial charge in [0.2, 0.25) is 0 Å². The lowest BCUT2D eigenvalue weighted by atomic mass is 10.1. The lowest BCUT2D eigenvalue weighted by Gasteiger charge is -2.12. The van der Waals surface area contributed by atoms with E-state index < -0.39 is 18.0 Å². The summed E-state index contributed by atoms with van der Waals surface area (Å²) in [5, 5.41) is 14.0. The second kappa shape index (κ2) is 5.73. The molecule has 3 N–H and O–H groups in total. The molecule has 0 spiro atoms. The molecule has 0 aliphatic heterocycles. The molecule has 1 rings (SSSR count). The van der Waals surface area contributed by atoms with Gasteiger partial charge in [0.1, 0.15) is 0 Å². The van der Waals surface area contributed by atoms with Gasteiger partial charge >= 0.3 is 12.0 Å². The lowest BCUT2D eigenvalue weighted by molar-refractivity contribution is 0.0698. The second-order valence-corrected chi connectivity index (χ2v) is 3.84. The fourth-order valence-electron chi connectivity index (χ4n) is 1.34. The first kappa shape index (κ1) is 13.6. The molecule has 5 nitrogen and oxygen atoms in total. The summed E-state index contributed by atoms with van der Waals surface area (Å²) in [4.78, 5) is 22.6. The number of carbonyl (C=O) groups is 2. The lowest BCUT2D eigenvalue weighted by Crippen LogP contribution is -2.35. The Morgan fingerprint density at radius 1 is 1.44 bits per heavy atom. The second-order valence-electron chi connectivity index (χ2n) is 3.84. The Hall–Kier alpha value is -2.48. The summed E-state index contributed by atoms with van der Waals surface area (Å²) in [5.74, 6) is 1.24. The van der Waals surface area contributed by atoms with Crippen LogP contribution in [0.4, 0.5) is 10.5 Å². The van der Waals surface area contributed by atoms with Gasteiger partial charge in [-0.25, -0.2) is 9.59 Å². The molecule has 18 heavy (non-hydrogen) atoms. The van der Waals surface area contributed by atoms with E-state index in [0.29, 0.717) is 0 Å². The minimum atomic E-state index is -1.10. The number of rotatable bonds is 3. The van der Waals surface area contributed by atoms with Crippen molar-refractivity contribution in [3.63, 3.8) is 0 Å². The van der Waals surface area contributed by atoms with E-state index in [0.717, 1.165) is 5.56 Å². The van der Waals surface area contributed by atoms with Crippen LogP contribution in [0.15, 0.2) is 18.2 Å². The van der Waals surface area contributed by atoms with E-state index in [2.05, 4.69) is 16.6 Å². The highest BCUT2D eigenvalue weighted by atomic mass is 16.4. The van der Waals surface area contributed by atoms with Crippen LogP contribution in [-0.4, -0.2) is 23.1 Å². The molecule has 0 bridgehead atoms. The van der Waals surface area contributed by atoms with Crippen LogP contribution in [0, 0.1) is 19.3 Å². The van der Waals surface area contributed by atoms with Crippen LogP contribution in [0.5, 0.6) is 0 Å². The molecule has 0 aromatic heterocycles. The maximum atomic E-state index is 11.5. The van der Waals surface area contributed by atoms with Gasteiger partial charge in [0.15, 0.2) is 0 Å². The number of anilines is 1. The molecular formula is C13H14N2O3.